The largest absolute Gasteiger partial charge is 0.465 e. The number of nitrogens with one attached hydrogen (secondary N) is 1. The molecule has 132 valence electrons. The van der Waals surface area contributed by atoms with Crippen LogP contribution in [0.15, 0.2) is 46.9 Å². The number of nitrogens with zero attached hydrogens (tertiary/aromatic N) is 1. The van der Waals surface area contributed by atoms with Crippen LogP contribution in [0.3, 0.4) is 0 Å². The van der Waals surface area contributed by atoms with E-state index < -0.39 is 5.97 Å². The summed E-state index contributed by atoms with van der Waals surface area (Å²) in [6.45, 7) is 2.76. The van der Waals surface area contributed by atoms with Crippen LogP contribution in [0.4, 0.5) is 5.69 Å². The number of aryl methyl sites for hydroxylation is 1. The second kappa shape index (κ2) is 8.78. The minimum atomic E-state index is -0.429. The number of halogens is 1. The molecule has 0 atom stereocenters. The fraction of sp³-hybridized carbons (Fsp3) is 0.263. The summed E-state index contributed by atoms with van der Waals surface area (Å²) >= 11 is 3.51. The summed E-state index contributed by atoms with van der Waals surface area (Å²) in [7, 11) is 3.22. The molecule has 2 aromatic rings. The van der Waals surface area contributed by atoms with Gasteiger partial charge in [0.15, 0.2) is 0 Å². The topological polar surface area (TPSA) is 58.6 Å². The highest BCUT2D eigenvalue weighted by molar-refractivity contribution is 9.10. The van der Waals surface area contributed by atoms with Crippen LogP contribution in [0, 0.1) is 6.92 Å². The molecule has 25 heavy (non-hydrogen) atoms. The molecule has 0 heterocycles. The van der Waals surface area contributed by atoms with Crippen LogP contribution in [-0.2, 0) is 16.1 Å². The van der Waals surface area contributed by atoms with E-state index in [1.54, 1.807) is 18.2 Å². The maximum absolute atomic E-state index is 12.3. The lowest BCUT2D eigenvalue weighted by Gasteiger charge is -2.18. The van der Waals surface area contributed by atoms with Gasteiger partial charge in [-0.25, -0.2) is 4.79 Å². The van der Waals surface area contributed by atoms with Gasteiger partial charge < -0.3 is 10.1 Å². The Kier molecular flexibility index (Phi) is 6.73. The molecule has 0 aromatic heterocycles. The molecule has 0 bridgehead atoms. The highest BCUT2D eigenvalue weighted by Gasteiger charge is 2.12. The van der Waals surface area contributed by atoms with Crippen molar-refractivity contribution in [3.63, 3.8) is 0 Å². The zero-order valence-corrected chi connectivity index (χ0v) is 16.1. The molecule has 0 unspecified atom stereocenters. The standard InChI is InChI=1S/C19H21BrN2O3/c1-13-8-9-14(19(24)25-3)10-17(13)21-18(23)12-22(2)11-15-6-4-5-7-16(15)20/h4-10H,11-12H2,1-3H3,(H,21,23). The number of carbonyl (C=O) groups is 2. The lowest BCUT2D eigenvalue weighted by atomic mass is 10.1. The first kappa shape index (κ1) is 19.1. The van der Waals surface area contributed by atoms with E-state index in [1.165, 1.54) is 7.11 Å². The van der Waals surface area contributed by atoms with Crippen LogP contribution in [0.1, 0.15) is 21.5 Å². The van der Waals surface area contributed by atoms with Crippen molar-refractivity contribution in [3.05, 3.63) is 63.6 Å². The van der Waals surface area contributed by atoms with Crippen molar-refractivity contribution in [2.45, 2.75) is 13.5 Å². The number of hydrogen-bond acceptors (Lipinski definition) is 4. The minimum absolute atomic E-state index is 0.139. The Hall–Kier alpha value is -2.18. The van der Waals surface area contributed by atoms with Crippen molar-refractivity contribution in [3.8, 4) is 0 Å². The van der Waals surface area contributed by atoms with Gasteiger partial charge in [0.25, 0.3) is 0 Å². The lowest BCUT2D eigenvalue weighted by molar-refractivity contribution is -0.117. The van der Waals surface area contributed by atoms with Gasteiger partial charge in [0.2, 0.25) is 5.91 Å². The molecular formula is C19H21BrN2O3. The van der Waals surface area contributed by atoms with Crippen LogP contribution in [0.25, 0.3) is 0 Å². The summed E-state index contributed by atoms with van der Waals surface area (Å²) < 4.78 is 5.73. The highest BCUT2D eigenvalue weighted by Crippen LogP contribution is 2.19. The van der Waals surface area contributed by atoms with Crippen molar-refractivity contribution in [1.82, 2.24) is 4.90 Å². The second-order valence-corrected chi connectivity index (χ2v) is 6.69. The van der Waals surface area contributed by atoms with Crippen LogP contribution in [0.5, 0.6) is 0 Å². The Balaban J connectivity index is 2.00. The van der Waals surface area contributed by atoms with E-state index >= 15 is 0 Å². The number of amides is 1. The normalized spacial score (nSPS) is 10.6. The molecule has 0 saturated carbocycles. The number of ether oxygens (including phenoxy) is 1. The van der Waals surface area contributed by atoms with Crippen molar-refractivity contribution in [2.24, 2.45) is 0 Å². The molecule has 0 spiro atoms. The monoisotopic (exact) mass is 404 g/mol. The Bertz CT molecular complexity index is 777. The summed E-state index contributed by atoms with van der Waals surface area (Å²) in [5.74, 6) is -0.568. The average molecular weight is 405 g/mol. The van der Waals surface area contributed by atoms with Crippen molar-refractivity contribution in [1.29, 1.82) is 0 Å². The van der Waals surface area contributed by atoms with E-state index in [1.807, 2.05) is 43.1 Å². The molecule has 5 nitrogen and oxygen atoms in total. The molecule has 6 heteroatoms. The highest BCUT2D eigenvalue weighted by atomic mass is 79.9. The Morgan fingerprint density at radius 2 is 1.92 bits per heavy atom. The molecule has 0 aliphatic heterocycles. The fourth-order valence-corrected chi connectivity index (χ4v) is 2.82. The van der Waals surface area contributed by atoms with Gasteiger partial charge in [0, 0.05) is 16.7 Å². The summed E-state index contributed by atoms with van der Waals surface area (Å²) in [5, 5.41) is 2.86. The van der Waals surface area contributed by atoms with Gasteiger partial charge in [-0.3, -0.25) is 9.69 Å². The predicted octanol–water partition coefficient (Wildman–Crippen LogP) is 3.61. The maximum Gasteiger partial charge on any atom is 0.337 e. The third-order valence-electron chi connectivity index (χ3n) is 3.74. The van der Waals surface area contributed by atoms with Gasteiger partial charge >= 0.3 is 5.97 Å². The number of hydrogen-bond donors (Lipinski definition) is 1. The summed E-state index contributed by atoms with van der Waals surface area (Å²) in [6, 6.07) is 13.0. The smallest absolute Gasteiger partial charge is 0.337 e. The van der Waals surface area contributed by atoms with Gasteiger partial charge in [-0.2, -0.15) is 0 Å². The van der Waals surface area contributed by atoms with Crippen molar-refractivity contribution < 1.29 is 14.3 Å². The van der Waals surface area contributed by atoms with E-state index in [0.717, 1.165) is 15.6 Å². The lowest BCUT2D eigenvalue weighted by Crippen LogP contribution is -2.30. The van der Waals surface area contributed by atoms with Gasteiger partial charge in [0.1, 0.15) is 0 Å². The van der Waals surface area contributed by atoms with Crippen LogP contribution >= 0.6 is 15.9 Å². The SMILES string of the molecule is COC(=O)c1ccc(C)c(NC(=O)CN(C)Cc2ccccc2Br)c1. The molecule has 0 fully saturated rings. The molecule has 1 amide bonds. The number of methoxy groups -OCH3 is 1. The van der Waals surface area contributed by atoms with Crippen molar-refractivity contribution >= 4 is 33.5 Å². The van der Waals surface area contributed by atoms with Crippen molar-refractivity contribution in [2.75, 3.05) is 26.0 Å². The Labute approximate surface area is 156 Å². The number of esters is 1. The predicted molar refractivity (Wildman–Crippen MR) is 102 cm³/mol. The summed E-state index contributed by atoms with van der Waals surface area (Å²) in [6.07, 6.45) is 0. The number of anilines is 1. The van der Waals surface area contributed by atoms with E-state index in [4.69, 9.17) is 4.74 Å². The molecule has 0 aliphatic carbocycles. The number of benzene rings is 2. The number of carbonyl (C=O) groups excluding carboxylic acids is 2. The molecular weight excluding hydrogens is 384 g/mol. The van der Waals surface area contributed by atoms with E-state index in [-0.39, 0.29) is 12.5 Å². The van der Waals surface area contributed by atoms with Crippen LogP contribution in [0.2, 0.25) is 0 Å². The minimum Gasteiger partial charge on any atom is -0.465 e. The van der Waals surface area contributed by atoms with Crippen LogP contribution in [-0.4, -0.2) is 37.5 Å². The molecule has 1 N–H and O–H groups in total. The quantitative estimate of drug-likeness (QED) is 0.746. The Morgan fingerprint density at radius 3 is 2.60 bits per heavy atom. The molecule has 2 aromatic carbocycles. The molecule has 0 aliphatic rings. The third kappa shape index (κ3) is 5.41. The van der Waals surface area contributed by atoms with Gasteiger partial charge in [0.05, 0.1) is 19.2 Å². The van der Waals surface area contributed by atoms with E-state index in [2.05, 4.69) is 21.2 Å². The first-order chi connectivity index (χ1) is 11.9. The van der Waals surface area contributed by atoms with Gasteiger partial charge in [-0.1, -0.05) is 40.2 Å². The zero-order chi connectivity index (χ0) is 18.4. The summed E-state index contributed by atoms with van der Waals surface area (Å²) in [5.41, 5.74) is 3.02. The maximum atomic E-state index is 12.3. The molecule has 2 rings (SSSR count). The molecule has 0 radical (unpaired) electrons. The molecule has 0 saturated heterocycles. The second-order valence-electron chi connectivity index (χ2n) is 5.83. The Morgan fingerprint density at radius 1 is 1.20 bits per heavy atom. The number of rotatable bonds is 6. The average Bonchev–Trinajstić information content (AvgIpc) is 2.58. The number of likely N-dealkylation sites (N-methyl/N-ethyl adjacent to an activating group) is 1. The van der Waals surface area contributed by atoms with E-state index in [0.29, 0.717) is 17.8 Å². The first-order valence-electron chi connectivity index (χ1n) is 7.81. The zero-order valence-electron chi connectivity index (χ0n) is 14.5. The third-order valence-corrected chi connectivity index (χ3v) is 4.52. The van der Waals surface area contributed by atoms with Crippen LogP contribution < -0.4 is 5.32 Å². The fourth-order valence-electron chi connectivity index (χ4n) is 2.41. The van der Waals surface area contributed by atoms with Gasteiger partial charge in [-0.05, 0) is 43.3 Å². The summed E-state index contributed by atoms with van der Waals surface area (Å²) in [4.78, 5) is 25.9. The van der Waals surface area contributed by atoms with E-state index in [9.17, 15) is 9.59 Å². The first-order valence-corrected chi connectivity index (χ1v) is 8.60. The van der Waals surface area contributed by atoms with Gasteiger partial charge in [-0.15, -0.1) is 0 Å².